The topological polar surface area (TPSA) is 27.7 Å². The average Bonchev–Trinajstić information content (AvgIpc) is 2.69. The molecule has 0 unspecified atom stereocenters. The van der Waals surface area contributed by atoms with Crippen LogP contribution in [0.4, 0.5) is 0 Å². The third-order valence-electron chi connectivity index (χ3n) is 4.59. The Balaban J connectivity index is 2.19. The fourth-order valence-electron chi connectivity index (χ4n) is 3.23. The van der Waals surface area contributed by atoms with Crippen molar-refractivity contribution < 1.29 is 14.2 Å². The van der Waals surface area contributed by atoms with Crippen LogP contribution in [0.3, 0.4) is 0 Å². The van der Waals surface area contributed by atoms with Gasteiger partial charge in [0.05, 0.1) is 21.3 Å². The van der Waals surface area contributed by atoms with Crippen LogP contribution in [-0.2, 0) is 0 Å². The Morgan fingerprint density at radius 1 is 0.654 bits per heavy atom. The molecule has 0 amide bonds. The molecule has 0 fully saturated rings. The van der Waals surface area contributed by atoms with Crippen molar-refractivity contribution >= 4 is 0 Å². The van der Waals surface area contributed by atoms with E-state index in [1.165, 1.54) is 0 Å². The number of hydrogen-bond acceptors (Lipinski definition) is 3. The van der Waals surface area contributed by atoms with Crippen LogP contribution in [0.5, 0.6) is 17.2 Å². The molecule has 0 aliphatic rings. The summed E-state index contributed by atoms with van der Waals surface area (Å²) in [5.74, 6) is 2.52. The molecule has 0 aliphatic heterocycles. The minimum atomic E-state index is 0.833. The number of ether oxygens (including phenoxy) is 3. The van der Waals surface area contributed by atoms with Crippen LogP contribution in [0, 0.1) is 19.9 Å². The second-order valence-electron chi connectivity index (χ2n) is 6.12. The Hall–Kier alpha value is -2.94. The summed E-state index contributed by atoms with van der Waals surface area (Å²) in [7, 11) is 5.05. The van der Waals surface area contributed by atoms with Crippen molar-refractivity contribution in [3.63, 3.8) is 0 Å². The van der Waals surface area contributed by atoms with E-state index in [1.54, 1.807) is 21.3 Å². The van der Waals surface area contributed by atoms with Crippen LogP contribution in [-0.4, -0.2) is 21.3 Å². The molecule has 0 saturated heterocycles. The number of benzene rings is 3. The molecule has 0 bridgehead atoms. The molecule has 0 heterocycles. The Morgan fingerprint density at radius 2 is 1.15 bits per heavy atom. The van der Waals surface area contributed by atoms with Crippen LogP contribution in [0.2, 0.25) is 0 Å². The molecule has 0 aromatic heterocycles. The molecule has 3 heteroatoms. The maximum Gasteiger partial charge on any atom is 0.130 e. The van der Waals surface area contributed by atoms with Gasteiger partial charge >= 0.3 is 0 Å². The second-order valence-corrected chi connectivity index (χ2v) is 6.12. The van der Waals surface area contributed by atoms with E-state index in [9.17, 15) is 0 Å². The molecule has 0 spiro atoms. The maximum atomic E-state index is 5.71. The lowest BCUT2D eigenvalue weighted by atomic mass is 9.89. The van der Waals surface area contributed by atoms with Crippen LogP contribution >= 0.6 is 0 Å². The van der Waals surface area contributed by atoms with Gasteiger partial charge in [0.25, 0.3) is 0 Å². The van der Waals surface area contributed by atoms with E-state index in [1.807, 2.05) is 31.2 Å². The highest BCUT2D eigenvalue weighted by Gasteiger charge is 2.17. The average molecular weight is 347 g/mol. The first kappa shape index (κ1) is 17.9. The zero-order chi connectivity index (χ0) is 18.7. The van der Waals surface area contributed by atoms with Crippen molar-refractivity contribution in [3.8, 4) is 39.5 Å². The van der Waals surface area contributed by atoms with Crippen molar-refractivity contribution in [3.05, 3.63) is 65.7 Å². The highest BCUT2D eigenvalue weighted by atomic mass is 16.5. The molecule has 133 valence electrons. The third kappa shape index (κ3) is 3.25. The predicted molar refractivity (Wildman–Crippen MR) is 105 cm³/mol. The van der Waals surface area contributed by atoms with Crippen LogP contribution in [0.1, 0.15) is 11.1 Å². The van der Waals surface area contributed by atoms with Gasteiger partial charge in [0.15, 0.2) is 0 Å². The first-order valence-corrected chi connectivity index (χ1v) is 8.48. The van der Waals surface area contributed by atoms with Crippen LogP contribution in [0.15, 0.2) is 48.5 Å². The minimum Gasteiger partial charge on any atom is -0.497 e. The Labute approximate surface area is 155 Å². The lowest BCUT2D eigenvalue weighted by Gasteiger charge is -2.19. The first-order valence-electron chi connectivity index (χ1n) is 8.48. The monoisotopic (exact) mass is 347 g/mol. The zero-order valence-electron chi connectivity index (χ0n) is 15.8. The standard InChI is InChI=1S/C23H23O3/c1-15-14-21(17-6-10-19(24-3)11-7-17)16(2)22(23(15)26-5)18-8-12-20(25-4)13-9-18/h6-13H,1-5H3. The summed E-state index contributed by atoms with van der Waals surface area (Å²) in [6.45, 7) is 4.13. The Kier molecular flexibility index (Phi) is 5.17. The summed E-state index contributed by atoms with van der Waals surface area (Å²) in [5, 5.41) is 0. The van der Waals surface area contributed by atoms with Crippen LogP contribution < -0.4 is 14.2 Å². The van der Waals surface area contributed by atoms with E-state index in [0.717, 1.165) is 50.6 Å². The molecule has 26 heavy (non-hydrogen) atoms. The SMILES string of the molecule is COc1ccc(-c2[c]c(C)c(OC)c(-c3ccc(OC)cc3)c2C)cc1. The summed E-state index contributed by atoms with van der Waals surface area (Å²) in [4.78, 5) is 0. The summed E-state index contributed by atoms with van der Waals surface area (Å²) in [5.41, 5.74) is 6.45. The lowest BCUT2D eigenvalue weighted by molar-refractivity contribution is 0.412. The normalized spacial score (nSPS) is 10.5. The largest absolute Gasteiger partial charge is 0.497 e. The lowest BCUT2D eigenvalue weighted by Crippen LogP contribution is -1.98. The van der Waals surface area contributed by atoms with E-state index in [0.29, 0.717) is 0 Å². The molecule has 3 nitrogen and oxygen atoms in total. The van der Waals surface area contributed by atoms with E-state index >= 15 is 0 Å². The fraction of sp³-hybridized carbons (Fsp3) is 0.217. The molecule has 1 radical (unpaired) electrons. The quantitative estimate of drug-likeness (QED) is 0.613. The number of aryl methyl sites for hydroxylation is 1. The maximum absolute atomic E-state index is 5.71. The van der Waals surface area contributed by atoms with Gasteiger partial charge in [-0.2, -0.15) is 0 Å². The van der Waals surface area contributed by atoms with Gasteiger partial charge in [0.2, 0.25) is 0 Å². The van der Waals surface area contributed by atoms with Gasteiger partial charge < -0.3 is 14.2 Å². The molecule has 3 aromatic carbocycles. The molecule has 3 aromatic rings. The van der Waals surface area contributed by atoms with Crippen molar-refractivity contribution in [2.75, 3.05) is 21.3 Å². The van der Waals surface area contributed by atoms with Gasteiger partial charge in [-0.3, -0.25) is 0 Å². The molecule has 0 saturated carbocycles. The van der Waals surface area contributed by atoms with Crippen LogP contribution in [0.25, 0.3) is 22.3 Å². The van der Waals surface area contributed by atoms with E-state index < -0.39 is 0 Å². The van der Waals surface area contributed by atoms with Gasteiger partial charge in [-0.25, -0.2) is 0 Å². The molecule has 0 N–H and O–H groups in total. The molecule has 0 atom stereocenters. The minimum absolute atomic E-state index is 0.833. The van der Waals surface area contributed by atoms with Crippen molar-refractivity contribution in [2.45, 2.75) is 13.8 Å². The summed E-state index contributed by atoms with van der Waals surface area (Å²) >= 11 is 0. The van der Waals surface area contributed by atoms with Crippen molar-refractivity contribution in [1.82, 2.24) is 0 Å². The highest BCUT2D eigenvalue weighted by Crippen LogP contribution is 2.41. The van der Waals surface area contributed by atoms with E-state index in [-0.39, 0.29) is 0 Å². The summed E-state index contributed by atoms with van der Waals surface area (Å²) < 4.78 is 16.3. The fourth-order valence-corrected chi connectivity index (χ4v) is 3.23. The number of hydrogen-bond donors (Lipinski definition) is 0. The number of methoxy groups -OCH3 is 3. The van der Waals surface area contributed by atoms with E-state index in [4.69, 9.17) is 14.2 Å². The van der Waals surface area contributed by atoms with Crippen molar-refractivity contribution in [1.29, 1.82) is 0 Å². The van der Waals surface area contributed by atoms with Gasteiger partial charge in [0, 0.05) is 11.1 Å². The summed E-state index contributed by atoms with van der Waals surface area (Å²) in [6, 6.07) is 19.6. The van der Waals surface area contributed by atoms with Gasteiger partial charge in [-0.05, 0) is 66.4 Å². The molecular weight excluding hydrogens is 324 g/mol. The van der Waals surface area contributed by atoms with Gasteiger partial charge in [-0.1, -0.05) is 24.3 Å². The predicted octanol–water partition coefficient (Wildman–Crippen LogP) is 5.46. The van der Waals surface area contributed by atoms with Gasteiger partial charge in [-0.15, -0.1) is 0 Å². The second kappa shape index (κ2) is 7.52. The zero-order valence-corrected chi connectivity index (χ0v) is 15.8. The van der Waals surface area contributed by atoms with Gasteiger partial charge in [0.1, 0.15) is 17.2 Å². The first-order chi connectivity index (χ1) is 12.6. The summed E-state index contributed by atoms with van der Waals surface area (Å²) in [6.07, 6.45) is 0. The van der Waals surface area contributed by atoms with E-state index in [2.05, 4.69) is 37.3 Å². The molecule has 3 rings (SSSR count). The Bertz CT molecular complexity index is 894. The number of rotatable bonds is 5. The Morgan fingerprint density at radius 3 is 1.62 bits per heavy atom. The van der Waals surface area contributed by atoms with Crippen molar-refractivity contribution in [2.24, 2.45) is 0 Å². The third-order valence-corrected chi connectivity index (χ3v) is 4.59. The molecule has 0 aliphatic carbocycles. The molecular formula is C23H23O3. The smallest absolute Gasteiger partial charge is 0.130 e. The highest BCUT2D eigenvalue weighted by molar-refractivity contribution is 5.84.